The van der Waals surface area contributed by atoms with Crippen LogP contribution >= 0.6 is 23.7 Å². The van der Waals surface area contributed by atoms with Crippen LogP contribution < -0.4 is 21.3 Å². The lowest BCUT2D eigenvalue weighted by molar-refractivity contribution is 0.0955. The molecule has 1 aromatic carbocycles. The molecular formula is C18H23ClN4O2S. The highest BCUT2D eigenvalue weighted by Gasteiger charge is 2.15. The fourth-order valence-electron chi connectivity index (χ4n) is 2.76. The Kier molecular flexibility index (Phi) is 7.90. The summed E-state index contributed by atoms with van der Waals surface area (Å²) in [6.07, 6.45) is 2.17. The highest BCUT2D eigenvalue weighted by molar-refractivity contribution is 7.18. The molecule has 1 aromatic heterocycles. The Morgan fingerprint density at radius 2 is 1.92 bits per heavy atom. The van der Waals surface area contributed by atoms with E-state index in [1.807, 2.05) is 30.3 Å². The summed E-state index contributed by atoms with van der Waals surface area (Å²) >= 11 is 1.27. The van der Waals surface area contributed by atoms with Crippen molar-refractivity contribution in [3.8, 4) is 0 Å². The van der Waals surface area contributed by atoms with Crippen molar-refractivity contribution in [2.24, 2.45) is 5.92 Å². The fourth-order valence-corrected chi connectivity index (χ4v) is 3.58. The molecule has 26 heavy (non-hydrogen) atoms. The summed E-state index contributed by atoms with van der Waals surface area (Å²) in [5.74, 6) is 0.565. The molecule has 8 heteroatoms. The Bertz CT molecular complexity index is 717. The number of amides is 3. The van der Waals surface area contributed by atoms with E-state index in [9.17, 15) is 9.59 Å². The van der Waals surface area contributed by atoms with Gasteiger partial charge in [0, 0.05) is 12.2 Å². The molecule has 0 bridgehead atoms. The largest absolute Gasteiger partial charge is 0.351 e. The molecule has 0 aliphatic carbocycles. The van der Waals surface area contributed by atoms with Crippen molar-refractivity contribution in [2.75, 3.05) is 30.3 Å². The molecule has 0 spiro atoms. The zero-order valence-corrected chi connectivity index (χ0v) is 15.9. The van der Waals surface area contributed by atoms with Crippen molar-refractivity contribution in [3.63, 3.8) is 0 Å². The van der Waals surface area contributed by atoms with Crippen molar-refractivity contribution in [1.82, 2.24) is 10.6 Å². The van der Waals surface area contributed by atoms with Gasteiger partial charge in [-0.15, -0.1) is 23.7 Å². The predicted octanol–water partition coefficient (Wildman–Crippen LogP) is 3.54. The highest BCUT2D eigenvalue weighted by Crippen LogP contribution is 2.22. The zero-order chi connectivity index (χ0) is 17.5. The van der Waals surface area contributed by atoms with Crippen molar-refractivity contribution in [3.05, 3.63) is 47.3 Å². The Morgan fingerprint density at radius 3 is 2.65 bits per heavy atom. The van der Waals surface area contributed by atoms with Crippen LogP contribution in [0, 0.1) is 5.92 Å². The molecule has 1 aliphatic heterocycles. The van der Waals surface area contributed by atoms with Gasteiger partial charge in [0.2, 0.25) is 0 Å². The molecule has 1 saturated heterocycles. The molecule has 3 amide bonds. The van der Waals surface area contributed by atoms with Crippen LogP contribution in [0.2, 0.25) is 0 Å². The Morgan fingerprint density at radius 1 is 1.12 bits per heavy atom. The van der Waals surface area contributed by atoms with Crippen molar-refractivity contribution in [1.29, 1.82) is 0 Å². The minimum absolute atomic E-state index is 0. The van der Waals surface area contributed by atoms with Crippen LogP contribution in [0.25, 0.3) is 0 Å². The summed E-state index contributed by atoms with van der Waals surface area (Å²) in [5.41, 5.74) is 0.718. The van der Waals surface area contributed by atoms with Gasteiger partial charge in [0.05, 0.1) is 9.88 Å². The minimum atomic E-state index is -0.325. The third-order valence-corrected chi connectivity index (χ3v) is 5.10. The number of hydrogen-bond donors (Lipinski definition) is 4. The van der Waals surface area contributed by atoms with Crippen LogP contribution in [0.3, 0.4) is 0 Å². The molecule has 2 aromatic rings. The van der Waals surface area contributed by atoms with Gasteiger partial charge in [-0.25, -0.2) is 4.79 Å². The lowest BCUT2D eigenvalue weighted by atomic mass is 10.1. The molecule has 1 fully saturated rings. The first-order valence-electron chi connectivity index (χ1n) is 8.42. The van der Waals surface area contributed by atoms with Gasteiger partial charge in [0.1, 0.15) is 0 Å². The van der Waals surface area contributed by atoms with E-state index in [4.69, 9.17) is 0 Å². The van der Waals surface area contributed by atoms with Crippen LogP contribution in [0.1, 0.15) is 22.5 Å². The second-order valence-corrected chi connectivity index (χ2v) is 7.10. The van der Waals surface area contributed by atoms with Gasteiger partial charge in [-0.2, -0.15) is 0 Å². The average molecular weight is 395 g/mol. The lowest BCUT2D eigenvalue weighted by Crippen LogP contribution is -2.25. The second-order valence-electron chi connectivity index (χ2n) is 6.01. The third kappa shape index (κ3) is 6.01. The van der Waals surface area contributed by atoms with E-state index in [0.29, 0.717) is 22.3 Å². The highest BCUT2D eigenvalue weighted by atomic mass is 35.5. The number of urea groups is 1. The molecule has 6 nitrogen and oxygen atoms in total. The number of hydrogen-bond acceptors (Lipinski definition) is 4. The smallest absolute Gasteiger partial charge is 0.324 e. The topological polar surface area (TPSA) is 82.3 Å². The van der Waals surface area contributed by atoms with Gasteiger partial charge in [-0.3, -0.25) is 10.1 Å². The van der Waals surface area contributed by atoms with E-state index < -0.39 is 0 Å². The first-order chi connectivity index (χ1) is 12.2. The normalized spacial score (nSPS) is 15.8. The molecule has 3 rings (SSSR count). The Hall–Kier alpha value is -2.09. The number of rotatable bonds is 6. The summed E-state index contributed by atoms with van der Waals surface area (Å²) < 4.78 is 0. The van der Waals surface area contributed by atoms with Crippen molar-refractivity contribution < 1.29 is 9.59 Å². The Balaban J connectivity index is 0.00000243. The van der Waals surface area contributed by atoms with Crippen molar-refractivity contribution in [2.45, 2.75) is 12.8 Å². The maximum atomic E-state index is 12.2. The van der Waals surface area contributed by atoms with Crippen LogP contribution in [-0.4, -0.2) is 31.6 Å². The van der Waals surface area contributed by atoms with Gasteiger partial charge in [0.25, 0.3) is 5.91 Å². The van der Waals surface area contributed by atoms with E-state index in [0.717, 1.165) is 25.2 Å². The summed E-state index contributed by atoms with van der Waals surface area (Å²) in [7, 11) is 0. The van der Waals surface area contributed by atoms with Crippen LogP contribution in [0.15, 0.2) is 42.5 Å². The van der Waals surface area contributed by atoms with Crippen LogP contribution in [-0.2, 0) is 0 Å². The summed E-state index contributed by atoms with van der Waals surface area (Å²) in [4.78, 5) is 24.7. The van der Waals surface area contributed by atoms with Gasteiger partial charge >= 0.3 is 6.03 Å². The molecule has 140 valence electrons. The molecule has 1 unspecified atom stereocenters. The number of benzene rings is 1. The predicted molar refractivity (Wildman–Crippen MR) is 109 cm³/mol. The van der Waals surface area contributed by atoms with Gasteiger partial charge in [-0.05, 0) is 56.1 Å². The molecule has 0 saturated carbocycles. The number of carbonyl (C=O) groups is 2. The van der Waals surface area contributed by atoms with Crippen LogP contribution in [0.4, 0.5) is 15.5 Å². The Labute approximate surface area is 163 Å². The van der Waals surface area contributed by atoms with E-state index in [1.54, 1.807) is 12.1 Å². The number of nitrogens with one attached hydrogen (secondary N) is 4. The molecule has 1 atom stereocenters. The summed E-state index contributed by atoms with van der Waals surface area (Å²) in [6, 6.07) is 12.4. The number of carbonyl (C=O) groups excluding carboxylic acids is 2. The summed E-state index contributed by atoms with van der Waals surface area (Å²) in [6.45, 7) is 2.80. The third-order valence-electron chi connectivity index (χ3n) is 4.10. The molecule has 0 radical (unpaired) electrons. The minimum Gasteiger partial charge on any atom is -0.351 e. The maximum absolute atomic E-state index is 12.2. The molecular weight excluding hydrogens is 372 g/mol. The SMILES string of the molecule is Cl.O=C(Nc1ccccc1)Nc1ccc(C(=O)NCCC2CCNC2)s1. The summed E-state index contributed by atoms with van der Waals surface area (Å²) in [5, 5.41) is 12.4. The first kappa shape index (κ1) is 20.2. The van der Waals surface area contributed by atoms with Gasteiger partial charge in [0.15, 0.2) is 0 Å². The van der Waals surface area contributed by atoms with E-state index in [-0.39, 0.29) is 24.3 Å². The second kappa shape index (κ2) is 10.2. The molecule has 2 heterocycles. The van der Waals surface area contributed by atoms with Gasteiger partial charge < -0.3 is 16.0 Å². The first-order valence-corrected chi connectivity index (χ1v) is 9.24. The number of para-hydroxylation sites is 1. The van der Waals surface area contributed by atoms with E-state index >= 15 is 0 Å². The molecule has 1 aliphatic rings. The maximum Gasteiger partial charge on any atom is 0.324 e. The number of anilines is 2. The quantitative estimate of drug-likeness (QED) is 0.604. The lowest BCUT2D eigenvalue weighted by Gasteiger charge is -2.08. The average Bonchev–Trinajstić information content (AvgIpc) is 3.27. The van der Waals surface area contributed by atoms with E-state index in [2.05, 4.69) is 21.3 Å². The monoisotopic (exact) mass is 394 g/mol. The van der Waals surface area contributed by atoms with Gasteiger partial charge in [-0.1, -0.05) is 18.2 Å². The van der Waals surface area contributed by atoms with Crippen molar-refractivity contribution >= 4 is 46.4 Å². The number of halogens is 1. The van der Waals surface area contributed by atoms with Crippen LogP contribution in [0.5, 0.6) is 0 Å². The number of thiophene rings is 1. The fraction of sp³-hybridized carbons (Fsp3) is 0.333. The van der Waals surface area contributed by atoms with E-state index in [1.165, 1.54) is 17.8 Å². The zero-order valence-electron chi connectivity index (χ0n) is 14.3. The molecule has 4 N–H and O–H groups in total. The standard InChI is InChI=1S/C18H22N4O2S.ClH/c23-17(20-11-9-13-8-10-19-12-13)15-6-7-16(25-15)22-18(24)21-14-4-2-1-3-5-14;/h1-7,13,19H,8-12H2,(H,20,23)(H2,21,22,24);1H.